The van der Waals surface area contributed by atoms with Crippen LogP contribution in [0.15, 0.2) is 36.7 Å². The molecule has 5 rings (SSSR count). The van der Waals surface area contributed by atoms with Crippen molar-refractivity contribution in [3.05, 3.63) is 48.2 Å². The predicted molar refractivity (Wildman–Crippen MR) is 128 cm³/mol. The topological polar surface area (TPSA) is 94.2 Å². The zero-order valence-electron chi connectivity index (χ0n) is 19.8. The van der Waals surface area contributed by atoms with Crippen LogP contribution in [-0.2, 0) is 7.05 Å². The number of ether oxygens (including phenoxy) is 1. The van der Waals surface area contributed by atoms with Gasteiger partial charge in [0.1, 0.15) is 23.9 Å². The first-order valence-electron chi connectivity index (χ1n) is 11.2. The van der Waals surface area contributed by atoms with E-state index in [9.17, 15) is 0 Å². The maximum atomic E-state index is 6.21. The molecule has 0 unspecified atom stereocenters. The Kier molecular flexibility index (Phi) is 5.28. The van der Waals surface area contributed by atoms with Gasteiger partial charge in [0.2, 0.25) is 0 Å². The molecular formula is C24H30N8O. The van der Waals surface area contributed by atoms with E-state index < -0.39 is 0 Å². The van der Waals surface area contributed by atoms with Crippen molar-refractivity contribution in [1.29, 1.82) is 0 Å². The Labute approximate surface area is 193 Å². The highest BCUT2D eigenvalue weighted by Crippen LogP contribution is 2.32. The van der Waals surface area contributed by atoms with Crippen LogP contribution >= 0.6 is 0 Å². The van der Waals surface area contributed by atoms with Crippen molar-refractivity contribution in [2.45, 2.75) is 40.2 Å². The second-order valence-corrected chi connectivity index (χ2v) is 9.62. The van der Waals surface area contributed by atoms with Gasteiger partial charge < -0.3 is 15.4 Å². The molecule has 172 valence electrons. The van der Waals surface area contributed by atoms with Crippen LogP contribution in [-0.4, -0.2) is 48.6 Å². The van der Waals surface area contributed by atoms with Crippen LogP contribution in [0.25, 0.3) is 16.8 Å². The summed E-state index contributed by atoms with van der Waals surface area (Å²) in [6.45, 7) is 10.0. The molecule has 4 aromatic rings. The molecule has 9 nitrogen and oxygen atoms in total. The smallest absolute Gasteiger partial charge is 0.165 e. The summed E-state index contributed by atoms with van der Waals surface area (Å²) in [6, 6.07) is 8.38. The SMILES string of the molecule is Cc1cc(Nc2cc3cc(-c4c(OC[C@H]5CC(C)(C)CN5)cnn4C)ccn3n2)nc(C)n1. The maximum absolute atomic E-state index is 6.21. The highest BCUT2D eigenvalue weighted by molar-refractivity contribution is 5.72. The molecule has 1 saturated heterocycles. The van der Waals surface area contributed by atoms with Crippen molar-refractivity contribution in [3.63, 3.8) is 0 Å². The third-order valence-electron chi connectivity index (χ3n) is 5.97. The van der Waals surface area contributed by atoms with E-state index in [2.05, 4.69) is 50.7 Å². The summed E-state index contributed by atoms with van der Waals surface area (Å²) in [6.07, 6.45) is 4.85. The number of hydrogen-bond donors (Lipinski definition) is 2. The monoisotopic (exact) mass is 446 g/mol. The fraction of sp³-hybridized carbons (Fsp3) is 0.417. The number of aromatic nitrogens is 6. The van der Waals surface area contributed by atoms with Gasteiger partial charge in [-0.2, -0.15) is 10.2 Å². The van der Waals surface area contributed by atoms with E-state index in [1.54, 1.807) is 6.20 Å². The lowest BCUT2D eigenvalue weighted by Gasteiger charge is -2.16. The van der Waals surface area contributed by atoms with Gasteiger partial charge in [-0.05, 0) is 37.8 Å². The fourth-order valence-electron chi connectivity index (χ4n) is 4.51. The van der Waals surface area contributed by atoms with E-state index in [1.165, 1.54) is 0 Å². The maximum Gasteiger partial charge on any atom is 0.165 e. The van der Waals surface area contributed by atoms with Gasteiger partial charge in [-0.1, -0.05) is 13.8 Å². The van der Waals surface area contributed by atoms with Gasteiger partial charge in [-0.3, -0.25) is 4.68 Å². The van der Waals surface area contributed by atoms with Crippen molar-refractivity contribution in [3.8, 4) is 17.0 Å². The molecule has 9 heteroatoms. The summed E-state index contributed by atoms with van der Waals surface area (Å²) in [5.41, 5.74) is 4.17. The lowest BCUT2D eigenvalue weighted by Crippen LogP contribution is -2.28. The van der Waals surface area contributed by atoms with Crippen molar-refractivity contribution < 1.29 is 4.74 Å². The van der Waals surface area contributed by atoms with Gasteiger partial charge in [0, 0.05) is 49.2 Å². The molecule has 1 aliphatic rings. The Balaban J connectivity index is 1.37. The van der Waals surface area contributed by atoms with E-state index in [4.69, 9.17) is 4.74 Å². The highest BCUT2D eigenvalue weighted by Gasteiger charge is 2.31. The van der Waals surface area contributed by atoms with Crippen LogP contribution in [0.3, 0.4) is 0 Å². The third-order valence-corrected chi connectivity index (χ3v) is 5.97. The minimum absolute atomic E-state index is 0.313. The molecule has 1 aliphatic heterocycles. The van der Waals surface area contributed by atoms with Crippen LogP contribution in [0.1, 0.15) is 31.8 Å². The summed E-state index contributed by atoms with van der Waals surface area (Å²) in [5.74, 6) is 2.97. The first-order chi connectivity index (χ1) is 15.8. The number of pyridine rings is 1. The van der Waals surface area contributed by atoms with E-state index >= 15 is 0 Å². The Morgan fingerprint density at radius 3 is 2.79 bits per heavy atom. The third kappa shape index (κ3) is 4.54. The number of aryl methyl sites for hydroxylation is 3. The second kappa shape index (κ2) is 8.15. The molecule has 0 amide bonds. The molecule has 4 aromatic heterocycles. The highest BCUT2D eigenvalue weighted by atomic mass is 16.5. The molecule has 33 heavy (non-hydrogen) atoms. The normalized spacial score (nSPS) is 17.5. The molecule has 0 saturated carbocycles. The average molecular weight is 447 g/mol. The Morgan fingerprint density at radius 1 is 1.18 bits per heavy atom. The van der Waals surface area contributed by atoms with Crippen LogP contribution in [0.2, 0.25) is 0 Å². The summed E-state index contributed by atoms with van der Waals surface area (Å²) in [7, 11) is 1.94. The van der Waals surface area contributed by atoms with E-state index in [-0.39, 0.29) is 0 Å². The number of rotatable bonds is 6. The lowest BCUT2D eigenvalue weighted by atomic mass is 9.91. The standard InChI is InChI=1S/C24H30N8O/c1-15-8-21(28-16(2)27-15)29-22-10-19-9-17(6-7-32(19)30-22)23-20(12-26-31(23)5)33-13-18-11-24(3,4)14-25-18/h6-10,12,18,25H,11,13-14H2,1-5H3,(H,27,28,29,30)/t18-/m1/s1. The van der Waals surface area contributed by atoms with Gasteiger partial charge in [0.15, 0.2) is 11.6 Å². The van der Waals surface area contributed by atoms with E-state index in [1.807, 2.05) is 54.5 Å². The number of nitrogens with one attached hydrogen (secondary N) is 2. The van der Waals surface area contributed by atoms with E-state index in [0.717, 1.165) is 58.6 Å². The zero-order valence-corrected chi connectivity index (χ0v) is 19.8. The molecule has 0 spiro atoms. The fourth-order valence-corrected chi connectivity index (χ4v) is 4.51. The first kappa shape index (κ1) is 21.4. The molecule has 1 atom stereocenters. The summed E-state index contributed by atoms with van der Waals surface area (Å²) >= 11 is 0. The Bertz CT molecular complexity index is 1290. The predicted octanol–water partition coefficient (Wildman–Crippen LogP) is 3.65. The van der Waals surface area contributed by atoms with Gasteiger partial charge in [-0.25, -0.2) is 14.5 Å². The molecule has 0 aromatic carbocycles. The van der Waals surface area contributed by atoms with Gasteiger partial charge in [0.05, 0.1) is 11.7 Å². The van der Waals surface area contributed by atoms with Crippen LogP contribution < -0.4 is 15.4 Å². The first-order valence-corrected chi connectivity index (χ1v) is 11.2. The van der Waals surface area contributed by atoms with E-state index in [0.29, 0.717) is 18.1 Å². The largest absolute Gasteiger partial charge is 0.488 e. The lowest BCUT2D eigenvalue weighted by molar-refractivity contribution is 0.269. The Hall–Kier alpha value is -3.46. The molecule has 2 N–H and O–H groups in total. The van der Waals surface area contributed by atoms with Crippen molar-refractivity contribution in [1.82, 2.24) is 34.7 Å². The Morgan fingerprint density at radius 2 is 2.03 bits per heavy atom. The van der Waals surface area contributed by atoms with Gasteiger partial charge in [-0.15, -0.1) is 0 Å². The van der Waals surface area contributed by atoms with Crippen molar-refractivity contribution >= 4 is 17.2 Å². The summed E-state index contributed by atoms with van der Waals surface area (Å²) < 4.78 is 9.91. The molecule has 0 bridgehead atoms. The summed E-state index contributed by atoms with van der Waals surface area (Å²) in [4.78, 5) is 8.76. The summed E-state index contributed by atoms with van der Waals surface area (Å²) in [5, 5.41) is 15.9. The minimum atomic E-state index is 0.313. The van der Waals surface area contributed by atoms with Gasteiger partial charge >= 0.3 is 0 Å². The molecule has 1 fully saturated rings. The van der Waals surface area contributed by atoms with Crippen molar-refractivity contribution in [2.75, 3.05) is 18.5 Å². The zero-order chi connectivity index (χ0) is 23.2. The van der Waals surface area contributed by atoms with Gasteiger partial charge in [0.25, 0.3) is 0 Å². The average Bonchev–Trinajstić information content (AvgIpc) is 3.40. The molecular weight excluding hydrogens is 416 g/mol. The molecule has 0 aliphatic carbocycles. The number of hydrogen-bond acceptors (Lipinski definition) is 7. The number of nitrogens with zero attached hydrogens (tertiary/aromatic N) is 6. The minimum Gasteiger partial charge on any atom is -0.488 e. The number of anilines is 2. The van der Waals surface area contributed by atoms with Crippen LogP contribution in [0.4, 0.5) is 11.6 Å². The molecule has 0 radical (unpaired) electrons. The second-order valence-electron chi connectivity index (χ2n) is 9.62. The molecule has 5 heterocycles. The van der Waals surface area contributed by atoms with Crippen molar-refractivity contribution in [2.24, 2.45) is 12.5 Å². The quantitative estimate of drug-likeness (QED) is 0.467. The van der Waals surface area contributed by atoms with Crippen LogP contribution in [0, 0.1) is 19.3 Å². The number of fused-ring (bicyclic) bond motifs is 1. The van der Waals surface area contributed by atoms with Crippen LogP contribution in [0.5, 0.6) is 5.75 Å².